The second-order valence-corrected chi connectivity index (χ2v) is 5.45. The Balaban J connectivity index is 1.64. The second kappa shape index (κ2) is 4.00. The van der Waals surface area contributed by atoms with Gasteiger partial charge in [-0.25, -0.2) is 0 Å². The van der Waals surface area contributed by atoms with E-state index in [4.69, 9.17) is 0 Å². The zero-order valence-electron chi connectivity index (χ0n) is 8.94. The molecule has 1 heteroatoms. The first-order valence-corrected chi connectivity index (χ1v) is 5.99. The minimum absolute atomic E-state index is 0.632. The molecule has 2 rings (SSSR count). The first kappa shape index (κ1) is 9.51. The highest BCUT2D eigenvalue weighted by Gasteiger charge is 2.27. The van der Waals surface area contributed by atoms with Crippen LogP contribution in [0.5, 0.6) is 0 Å². The van der Waals surface area contributed by atoms with E-state index in [9.17, 15) is 0 Å². The van der Waals surface area contributed by atoms with E-state index in [1.165, 1.54) is 58.0 Å². The van der Waals surface area contributed by atoms with Gasteiger partial charge in [-0.3, -0.25) is 0 Å². The van der Waals surface area contributed by atoms with Crippen LogP contribution in [-0.2, 0) is 0 Å². The second-order valence-electron chi connectivity index (χ2n) is 5.45. The third-order valence-corrected chi connectivity index (χ3v) is 3.74. The molecule has 2 saturated carbocycles. The molecule has 1 N–H and O–H groups in total. The average molecular weight is 181 g/mol. The molecule has 2 fully saturated rings. The van der Waals surface area contributed by atoms with Crippen molar-refractivity contribution < 1.29 is 0 Å². The summed E-state index contributed by atoms with van der Waals surface area (Å²) in [6.07, 6.45) is 10.2. The number of nitrogens with one attached hydrogen (secondary N) is 1. The fourth-order valence-corrected chi connectivity index (χ4v) is 2.48. The highest BCUT2D eigenvalue weighted by molar-refractivity contribution is 4.82. The third kappa shape index (κ3) is 2.98. The summed E-state index contributed by atoms with van der Waals surface area (Å²) in [6, 6.07) is 0. The minimum Gasteiger partial charge on any atom is -0.316 e. The van der Waals surface area contributed by atoms with Crippen LogP contribution in [0.2, 0.25) is 0 Å². The molecule has 0 amide bonds. The van der Waals surface area contributed by atoms with Gasteiger partial charge in [0.05, 0.1) is 0 Å². The van der Waals surface area contributed by atoms with E-state index >= 15 is 0 Å². The van der Waals surface area contributed by atoms with Gasteiger partial charge in [-0.05, 0) is 43.6 Å². The van der Waals surface area contributed by atoms with Crippen molar-refractivity contribution in [3.05, 3.63) is 0 Å². The molecule has 0 aromatic heterocycles. The van der Waals surface area contributed by atoms with Crippen LogP contribution in [-0.4, -0.2) is 13.1 Å². The highest BCUT2D eigenvalue weighted by atomic mass is 14.9. The first-order chi connectivity index (χ1) is 6.29. The van der Waals surface area contributed by atoms with E-state index in [1.807, 2.05) is 0 Å². The smallest absolute Gasteiger partial charge is 0.000527 e. The van der Waals surface area contributed by atoms with Crippen molar-refractivity contribution in [3.63, 3.8) is 0 Å². The van der Waals surface area contributed by atoms with E-state index in [2.05, 4.69) is 12.2 Å². The van der Waals surface area contributed by atoms with Gasteiger partial charge in [-0.2, -0.15) is 0 Å². The van der Waals surface area contributed by atoms with Gasteiger partial charge in [0.25, 0.3) is 0 Å². The SMILES string of the molecule is CC1(CNCC2CC2)CCCCC1. The maximum atomic E-state index is 3.66. The predicted molar refractivity (Wildman–Crippen MR) is 56.8 cm³/mol. The van der Waals surface area contributed by atoms with Crippen LogP contribution >= 0.6 is 0 Å². The van der Waals surface area contributed by atoms with E-state index in [-0.39, 0.29) is 0 Å². The Bertz CT molecular complexity index is 155. The lowest BCUT2D eigenvalue weighted by Gasteiger charge is -2.33. The molecule has 2 aliphatic rings. The molecule has 0 unspecified atom stereocenters. The van der Waals surface area contributed by atoms with Gasteiger partial charge in [0.2, 0.25) is 0 Å². The lowest BCUT2D eigenvalue weighted by atomic mass is 9.76. The van der Waals surface area contributed by atoms with Gasteiger partial charge in [0, 0.05) is 6.54 Å². The van der Waals surface area contributed by atoms with E-state index in [0.717, 1.165) is 5.92 Å². The molecule has 0 atom stereocenters. The summed E-state index contributed by atoms with van der Waals surface area (Å²) in [7, 11) is 0. The topological polar surface area (TPSA) is 12.0 Å². The Hall–Kier alpha value is -0.0400. The molecule has 0 aromatic carbocycles. The van der Waals surface area contributed by atoms with Gasteiger partial charge >= 0.3 is 0 Å². The summed E-state index contributed by atoms with van der Waals surface area (Å²) >= 11 is 0. The Labute approximate surface area is 82.3 Å². The zero-order chi connectivity index (χ0) is 9.15. The summed E-state index contributed by atoms with van der Waals surface area (Å²) in [5.74, 6) is 1.03. The molecule has 0 aromatic rings. The Morgan fingerprint density at radius 2 is 1.85 bits per heavy atom. The summed E-state index contributed by atoms with van der Waals surface area (Å²) in [5, 5.41) is 3.66. The summed E-state index contributed by atoms with van der Waals surface area (Å²) < 4.78 is 0. The van der Waals surface area contributed by atoms with Crippen LogP contribution in [0.3, 0.4) is 0 Å². The van der Waals surface area contributed by atoms with Gasteiger partial charge in [-0.15, -0.1) is 0 Å². The van der Waals surface area contributed by atoms with Crippen molar-refractivity contribution in [1.29, 1.82) is 0 Å². The fraction of sp³-hybridized carbons (Fsp3) is 1.00. The van der Waals surface area contributed by atoms with Crippen molar-refractivity contribution in [3.8, 4) is 0 Å². The predicted octanol–water partition coefficient (Wildman–Crippen LogP) is 2.96. The number of hydrogen-bond donors (Lipinski definition) is 1. The molecule has 0 heterocycles. The average Bonchev–Trinajstić information content (AvgIpc) is 2.89. The van der Waals surface area contributed by atoms with Crippen LogP contribution < -0.4 is 5.32 Å². The molecule has 13 heavy (non-hydrogen) atoms. The summed E-state index contributed by atoms with van der Waals surface area (Å²) in [4.78, 5) is 0. The van der Waals surface area contributed by atoms with Gasteiger partial charge in [-0.1, -0.05) is 26.2 Å². The van der Waals surface area contributed by atoms with E-state index < -0.39 is 0 Å². The monoisotopic (exact) mass is 181 g/mol. The Morgan fingerprint density at radius 1 is 1.15 bits per heavy atom. The Morgan fingerprint density at radius 3 is 2.46 bits per heavy atom. The minimum atomic E-state index is 0.632. The molecule has 76 valence electrons. The lowest BCUT2D eigenvalue weighted by molar-refractivity contribution is 0.207. The normalized spacial score (nSPS) is 27.5. The van der Waals surface area contributed by atoms with Crippen molar-refractivity contribution in [1.82, 2.24) is 5.32 Å². The van der Waals surface area contributed by atoms with Crippen LogP contribution in [0, 0.1) is 11.3 Å². The molecule has 0 radical (unpaired) electrons. The zero-order valence-corrected chi connectivity index (χ0v) is 8.94. The molecule has 0 bridgehead atoms. The molecular weight excluding hydrogens is 158 g/mol. The first-order valence-electron chi connectivity index (χ1n) is 5.99. The maximum Gasteiger partial charge on any atom is 0.000527 e. The maximum absolute atomic E-state index is 3.66. The molecule has 0 spiro atoms. The summed E-state index contributed by atoms with van der Waals surface area (Å²) in [5.41, 5.74) is 0.632. The van der Waals surface area contributed by atoms with Gasteiger partial charge in [0.1, 0.15) is 0 Å². The highest BCUT2D eigenvalue weighted by Crippen LogP contribution is 2.35. The van der Waals surface area contributed by atoms with Gasteiger partial charge in [0.15, 0.2) is 0 Å². The molecule has 2 aliphatic carbocycles. The van der Waals surface area contributed by atoms with Crippen molar-refractivity contribution in [2.24, 2.45) is 11.3 Å². The third-order valence-electron chi connectivity index (χ3n) is 3.74. The van der Waals surface area contributed by atoms with Gasteiger partial charge < -0.3 is 5.32 Å². The van der Waals surface area contributed by atoms with Crippen LogP contribution in [0.1, 0.15) is 51.9 Å². The van der Waals surface area contributed by atoms with Crippen molar-refractivity contribution in [2.45, 2.75) is 51.9 Å². The lowest BCUT2D eigenvalue weighted by Crippen LogP contribution is -2.34. The quantitative estimate of drug-likeness (QED) is 0.703. The van der Waals surface area contributed by atoms with Crippen LogP contribution in [0.15, 0.2) is 0 Å². The van der Waals surface area contributed by atoms with E-state index in [1.54, 1.807) is 0 Å². The summed E-state index contributed by atoms with van der Waals surface area (Å²) in [6.45, 7) is 5.02. The van der Waals surface area contributed by atoms with E-state index in [0.29, 0.717) is 5.41 Å². The van der Waals surface area contributed by atoms with Crippen LogP contribution in [0.4, 0.5) is 0 Å². The molecule has 0 saturated heterocycles. The van der Waals surface area contributed by atoms with Crippen molar-refractivity contribution in [2.75, 3.05) is 13.1 Å². The Kier molecular flexibility index (Phi) is 2.92. The molecule has 0 aliphatic heterocycles. The number of rotatable bonds is 4. The fourth-order valence-electron chi connectivity index (χ4n) is 2.48. The molecular formula is C12H23N. The molecule has 1 nitrogen and oxygen atoms in total. The standard InChI is InChI=1S/C12H23N/c1-12(7-3-2-4-8-12)10-13-9-11-5-6-11/h11,13H,2-10H2,1H3. The largest absolute Gasteiger partial charge is 0.316 e. The van der Waals surface area contributed by atoms with Crippen molar-refractivity contribution >= 4 is 0 Å². The number of hydrogen-bond acceptors (Lipinski definition) is 1. The van der Waals surface area contributed by atoms with Crippen LogP contribution in [0.25, 0.3) is 0 Å².